The van der Waals surface area contributed by atoms with E-state index in [-0.39, 0.29) is 37.5 Å². The number of thiophene rings is 1. The molecule has 3 amide bonds. The summed E-state index contributed by atoms with van der Waals surface area (Å²) in [5.41, 5.74) is 0.676. The minimum atomic E-state index is -0.286. The highest BCUT2D eigenvalue weighted by molar-refractivity contribution is 7.12. The summed E-state index contributed by atoms with van der Waals surface area (Å²) >= 11 is 7.21. The smallest absolute Gasteiger partial charge is 0.264 e. The van der Waals surface area contributed by atoms with E-state index >= 15 is 0 Å². The van der Waals surface area contributed by atoms with Gasteiger partial charge in [0, 0.05) is 24.4 Å². The Labute approximate surface area is 172 Å². The zero-order valence-corrected chi connectivity index (χ0v) is 16.9. The molecule has 9 heteroatoms. The maximum Gasteiger partial charge on any atom is 0.264 e. The molecule has 0 atom stereocenters. The Balaban J connectivity index is 1.67. The second-order valence-corrected chi connectivity index (χ2v) is 7.61. The largest absolute Gasteiger partial charge is 0.383 e. The highest BCUT2D eigenvalue weighted by Crippen LogP contribution is 2.22. The molecule has 1 aromatic heterocycles. The van der Waals surface area contributed by atoms with Crippen LogP contribution in [0.25, 0.3) is 0 Å². The van der Waals surface area contributed by atoms with Crippen molar-refractivity contribution in [1.29, 1.82) is 0 Å². The minimum Gasteiger partial charge on any atom is -0.383 e. The topological polar surface area (TPSA) is 70.2 Å². The molecule has 7 nitrogen and oxygen atoms in total. The Morgan fingerprint density at radius 3 is 2.64 bits per heavy atom. The Morgan fingerprint density at radius 2 is 2.00 bits per heavy atom. The van der Waals surface area contributed by atoms with E-state index in [0.717, 1.165) is 0 Å². The van der Waals surface area contributed by atoms with Crippen LogP contribution < -0.4 is 4.90 Å². The molecular formula is C19H20ClN3O4S. The van der Waals surface area contributed by atoms with Gasteiger partial charge in [0.1, 0.15) is 19.8 Å². The van der Waals surface area contributed by atoms with Crippen LogP contribution in [0.2, 0.25) is 5.02 Å². The normalized spacial score (nSPS) is 13.9. The van der Waals surface area contributed by atoms with Gasteiger partial charge in [0.25, 0.3) is 5.91 Å². The SMILES string of the molecule is COCCN(CC(=O)N1CC(=O)N(c2ccc(Cl)cc2)C1)C(=O)c1cccs1. The number of rotatable bonds is 7. The van der Waals surface area contributed by atoms with Crippen LogP contribution in [-0.2, 0) is 14.3 Å². The van der Waals surface area contributed by atoms with Crippen LogP contribution >= 0.6 is 22.9 Å². The van der Waals surface area contributed by atoms with Gasteiger partial charge in [-0.1, -0.05) is 17.7 Å². The highest BCUT2D eigenvalue weighted by atomic mass is 35.5. The summed E-state index contributed by atoms with van der Waals surface area (Å²) in [4.78, 5) is 42.8. The summed E-state index contributed by atoms with van der Waals surface area (Å²) in [5, 5.41) is 2.39. The molecule has 0 unspecified atom stereocenters. The number of hydrogen-bond donors (Lipinski definition) is 0. The number of carbonyl (C=O) groups is 3. The van der Waals surface area contributed by atoms with Gasteiger partial charge in [-0.05, 0) is 35.7 Å². The maximum absolute atomic E-state index is 12.8. The molecule has 2 heterocycles. The first-order valence-electron chi connectivity index (χ1n) is 8.65. The summed E-state index contributed by atoms with van der Waals surface area (Å²) < 4.78 is 5.06. The van der Waals surface area contributed by atoms with Crippen molar-refractivity contribution in [2.75, 3.05) is 44.9 Å². The van der Waals surface area contributed by atoms with Crippen molar-refractivity contribution in [3.63, 3.8) is 0 Å². The molecule has 1 aromatic carbocycles. The number of nitrogens with zero attached hydrogens (tertiary/aromatic N) is 3. The zero-order valence-electron chi connectivity index (χ0n) is 15.3. The van der Waals surface area contributed by atoms with Crippen LogP contribution in [0.3, 0.4) is 0 Å². The predicted octanol–water partition coefficient (Wildman–Crippen LogP) is 2.32. The van der Waals surface area contributed by atoms with Crippen LogP contribution in [0, 0.1) is 0 Å². The average Bonchev–Trinajstić information content (AvgIpc) is 3.35. The molecule has 2 aromatic rings. The number of benzene rings is 1. The molecule has 3 rings (SSSR count). The molecule has 0 bridgehead atoms. The number of methoxy groups -OCH3 is 1. The summed E-state index contributed by atoms with van der Waals surface area (Å²) in [6.07, 6.45) is 0. The first-order chi connectivity index (χ1) is 13.5. The van der Waals surface area contributed by atoms with Gasteiger partial charge in [-0.3, -0.25) is 19.3 Å². The molecule has 0 saturated carbocycles. The van der Waals surface area contributed by atoms with E-state index in [9.17, 15) is 14.4 Å². The van der Waals surface area contributed by atoms with Crippen LogP contribution in [-0.4, -0.2) is 67.5 Å². The van der Waals surface area contributed by atoms with Gasteiger partial charge in [0.15, 0.2) is 0 Å². The summed E-state index contributed by atoms with van der Waals surface area (Å²) in [7, 11) is 1.54. The standard InChI is InChI=1S/C19H20ClN3O4S/c1-27-9-8-21(19(26)16-3-2-10-28-16)11-17(24)22-12-18(25)23(13-22)15-6-4-14(20)5-7-15/h2-7,10H,8-9,11-13H2,1H3. The van der Waals surface area contributed by atoms with Crippen LogP contribution in [0.1, 0.15) is 9.67 Å². The third kappa shape index (κ3) is 4.70. The minimum absolute atomic E-state index is 0.0211. The lowest BCUT2D eigenvalue weighted by Gasteiger charge is -2.24. The van der Waals surface area contributed by atoms with Gasteiger partial charge < -0.3 is 14.5 Å². The van der Waals surface area contributed by atoms with Crippen molar-refractivity contribution in [3.05, 3.63) is 51.7 Å². The van der Waals surface area contributed by atoms with Crippen molar-refractivity contribution < 1.29 is 19.1 Å². The molecule has 28 heavy (non-hydrogen) atoms. The fraction of sp³-hybridized carbons (Fsp3) is 0.316. The molecule has 1 saturated heterocycles. The monoisotopic (exact) mass is 421 g/mol. The van der Waals surface area contributed by atoms with Crippen LogP contribution in [0.4, 0.5) is 5.69 Å². The Hall–Kier alpha value is -2.42. The van der Waals surface area contributed by atoms with Crippen molar-refractivity contribution in [2.45, 2.75) is 0 Å². The Morgan fingerprint density at radius 1 is 1.25 bits per heavy atom. The lowest BCUT2D eigenvalue weighted by molar-refractivity contribution is -0.132. The third-order valence-corrected chi connectivity index (χ3v) is 5.45. The van der Waals surface area contributed by atoms with Gasteiger partial charge in [-0.2, -0.15) is 0 Å². The highest BCUT2D eigenvalue weighted by Gasteiger charge is 2.33. The quantitative estimate of drug-likeness (QED) is 0.688. The Bertz CT molecular complexity index is 841. The number of ether oxygens (including phenoxy) is 1. The second-order valence-electron chi connectivity index (χ2n) is 6.23. The molecule has 1 aliphatic rings. The fourth-order valence-corrected chi connectivity index (χ4v) is 3.65. The molecule has 0 N–H and O–H groups in total. The van der Waals surface area contributed by atoms with Gasteiger partial charge in [-0.15, -0.1) is 11.3 Å². The summed E-state index contributed by atoms with van der Waals surface area (Å²) in [5.74, 6) is -0.685. The Kier molecular flexibility index (Phi) is 6.66. The third-order valence-electron chi connectivity index (χ3n) is 4.34. The predicted molar refractivity (Wildman–Crippen MR) is 108 cm³/mol. The van der Waals surface area contributed by atoms with E-state index in [1.54, 1.807) is 43.5 Å². The van der Waals surface area contributed by atoms with E-state index < -0.39 is 0 Å². The molecular weight excluding hydrogens is 402 g/mol. The fourth-order valence-electron chi connectivity index (χ4n) is 2.84. The first kappa shape index (κ1) is 20.3. The van der Waals surface area contributed by atoms with Gasteiger partial charge in [0.2, 0.25) is 11.8 Å². The van der Waals surface area contributed by atoms with Crippen molar-refractivity contribution in [3.8, 4) is 0 Å². The second kappa shape index (κ2) is 9.18. The van der Waals surface area contributed by atoms with Gasteiger partial charge in [-0.25, -0.2) is 0 Å². The van der Waals surface area contributed by atoms with E-state index in [2.05, 4.69) is 0 Å². The number of anilines is 1. The maximum atomic E-state index is 12.8. The molecule has 1 fully saturated rings. The molecule has 0 aliphatic carbocycles. The van der Waals surface area contributed by atoms with E-state index in [1.807, 2.05) is 5.38 Å². The van der Waals surface area contributed by atoms with E-state index in [1.165, 1.54) is 26.0 Å². The number of halogens is 1. The van der Waals surface area contributed by atoms with Crippen LogP contribution in [0.5, 0.6) is 0 Å². The number of hydrogen-bond acceptors (Lipinski definition) is 5. The molecule has 148 valence electrons. The van der Waals surface area contributed by atoms with Gasteiger partial charge in [0.05, 0.1) is 11.5 Å². The number of amides is 3. The first-order valence-corrected chi connectivity index (χ1v) is 9.91. The summed E-state index contributed by atoms with van der Waals surface area (Å²) in [6, 6.07) is 10.4. The van der Waals surface area contributed by atoms with E-state index in [4.69, 9.17) is 16.3 Å². The summed E-state index contributed by atoms with van der Waals surface area (Å²) in [6.45, 7) is 0.626. The molecule has 0 radical (unpaired) electrons. The van der Waals surface area contributed by atoms with Crippen LogP contribution in [0.15, 0.2) is 41.8 Å². The molecule has 0 spiro atoms. The van der Waals surface area contributed by atoms with Crippen molar-refractivity contribution in [1.82, 2.24) is 9.80 Å². The number of carbonyl (C=O) groups excluding carboxylic acids is 3. The zero-order chi connectivity index (χ0) is 20.1. The van der Waals surface area contributed by atoms with E-state index in [0.29, 0.717) is 28.7 Å². The van der Waals surface area contributed by atoms with Gasteiger partial charge >= 0.3 is 0 Å². The van der Waals surface area contributed by atoms with Crippen molar-refractivity contribution in [2.24, 2.45) is 0 Å². The lowest BCUT2D eigenvalue weighted by atomic mass is 10.3. The molecule has 1 aliphatic heterocycles. The average molecular weight is 422 g/mol. The lowest BCUT2D eigenvalue weighted by Crippen LogP contribution is -2.43. The van der Waals surface area contributed by atoms with Crippen molar-refractivity contribution >= 4 is 46.3 Å².